The third kappa shape index (κ3) is 2.24. The van der Waals surface area contributed by atoms with Gasteiger partial charge in [-0.25, -0.2) is 4.90 Å². The van der Waals surface area contributed by atoms with Crippen LogP contribution >= 0.6 is 15.9 Å². The minimum absolute atomic E-state index is 0.00127. The topological polar surface area (TPSA) is 37.4 Å². The molecule has 4 heteroatoms. The summed E-state index contributed by atoms with van der Waals surface area (Å²) in [4.78, 5) is 26.9. The number of hydrogen-bond acceptors (Lipinski definition) is 2. The van der Waals surface area contributed by atoms with Crippen molar-refractivity contribution >= 4 is 33.4 Å². The van der Waals surface area contributed by atoms with Crippen LogP contribution in [0.2, 0.25) is 0 Å². The lowest BCUT2D eigenvalue weighted by molar-refractivity contribution is -0.122. The fourth-order valence-corrected chi connectivity index (χ4v) is 4.07. The maximum Gasteiger partial charge on any atom is 0.237 e. The normalized spacial score (nSPS) is 29.0. The molecule has 1 saturated carbocycles. The van der Waals surface area contributed by atoms with Gasteiger partial charge >= 0.3 is 0 Å². The predicted molar refractivity (Wildman–Crippen MR) is 86.1 cm³/mol. The Bertz CT molecular complexity index is 625. The second kappa shape index (κ2) is 5.24. The highest BCUT2D eigenvalue weighted by molar-refractivity contribution is 9.10. The zero-order valence-electron chi connectivity index (χ0n) is 12.6. The fourth-order valence-electron chi connectivity index (χ4n) is 3.64. The van der Waals surface area contributed by atoms with Crippen molar-refractivity contribution in [2.45, 2.75) is 40.0 Å². The van der Waals surface area contributed by atoms with Gasteiger partial charge in [-0.05, 0) is 62.3 Å². The number of halogens is 1. The SMILES string of the molecule is Cc1c(Br)ccc(N2C(=O)[C@H]3CC[C@H](C)C[C@@H]3C2=O)c1C. The van der Waals surface area contributed by atoms with E-state index in [-0.39, 0.29) is 23.7 Å². The van der Waals surface area contributed by atoms with Gasteiger partial charge in [0.25, 0.3) is 0 Å². The molecule has 2 amide bonds. The van der Waals surface area contributed by atoms with Gasteiger partial charge in [-0.15, -0.1) is 0 Å². The smallest absolute Gasteiger partial charge is 0.237 e. The predicted octanol–water partition coefficient (Wildman–Crippen LogP) is 3.99. The number of benzene rings is 1. The second-order valence-electron chi connectivity index (χ2n) is 6.46. The first-order chi connectivity index (χ1) is 9.91. The number of anilines is 1. The second-order valence-corrected chi connectivity index (χ2v) is 7.31. The molecule has 1 aromatic rings. The lowest BCUT2D eigenvalue weighted by atomic mass is 9.76. The van der Waals surface area contributed by atoms with E-state index >= 15 is 0 Å². The highest BCUT2D eigenvalue weighted by atomic mass is 79.9. The quantitative estimate of drug-likeness (QED) is 0.718. The van der Waals surface area contributed by atoms with Crippen LogP contribution in [0.5, 0.6) is 0 Å². The van der Waals surface area contributed by atoms with E-state index in [2.05, 4.69) is 22.9 Å². The molecule has 3 atom stereocenters. The first-order valence-corrected chi connectivity index (χ1v) is 8.34. The Morgan fingerprint density at radius 2 is 1.71 bits per heavy atom. The molecule has 0 aromatic heterocycles. The minimum Gasteiger partial charge on any atom is -0.274 e. The molecule has 2 aliphatic rings. The van der Waals surface area contributed by atoms with E-state index in [9.17, 15) is 9.59 Å². The Hall–Kier alpha value is -1.16. The van der Waals surface area contributed by atoms with Crippen LogP contribution in [0.1, 0.15) is 37.3 Å². The number of nitrogens with zero attached hydrogens (tertiary/aromatic N) is 1. The average molecular weight is 350 g/mol. The molecule has 0 spiro atoms. The van der Waals surface area contributed by atoms with Crippen molar-refractivity contribution in [2.75, 3.05) is 4.90 Å². The summed E-state index contributed by atoms with van der Waals surface area (Å²) in [5, 5.41) is 0. The van der Waals surface area contributed by atoms with Gasteiger partial charge in [-0.1, -0.05) is 22.9 Å². The molecule has 0 unspecified atom stereocenters. The molecule has 1 saturated heterocycles. The molecule has 1 heterocycles. The number of carbonyl (C=O) groups is 2. The molecule has 112 valence electrons. The molecule has 1 aromatic carbocycles. The molecule has 0 N–H and O–H groups in total. The summed E-state index contributed by atoms with van der Waals surface area (Å²) in [6.45, 7) is 6.15. The van der Waals surface area contributed by atoms with Crippen LogP contribution in [-0.2, 0) is 9.59 Å². The Morgan fingerprint density at radius 3 is 2.43 bits per heavy atom. The Morgan fingerprint density at radius 1 is 1.05 bits per heavy atom. The molecule has 3 nitrogen and oxygen atoms in total. The Kier molecular flexibility index (Phi) is 3.68. The van der Waals surface area contributed by atoms with Crippen molar-refractivity contribution < 1.29 is 9.59 Å². The number of fused-ring (bicyclic) bond motifs is 1. The van der Waals surface area contributed by atoms with Crippen LogP contribution < -0.4 is 4.90 Å². The summed E-state index contributed by atoms with van der Waals surface area (Å²) in [5.74, 6) is 0.334. The minimum atomic E-state index is -0.107. The van der Waals surface area contributed by atoms with Crippen LogP contribution in [0.3, 0.4) is 0 Å². The van der Waals surface area contributed by atoms with Crippen LogP contribution in [-0.4, -0.2) is 11.8 Å². The summed E-state index contributed by atoms with van der Waals surface area (Å²) >= 11 is 3.50. The maximum atomic E-state index is 12.7. The van der Waals surface area contributed by atoms with E-state index in [1.807, 2.05) is 26.0 Å². The molecule has 1 aliphatic carbocycles. The zero-order chi connectivity index (χ0) is 15.3. The highest BCUT2D eigenvalue weighted by Gasteiger charge is 2.50. The summed E-state index contributed by atoms with van der Waals surface area (Å²) in [5.41, 5.74) is 2.84. The number of amides is 2. The van der Waals surface area contributed by atoms with E-state index in [1.165, 1.54) is 4.90 Å². The number of imide groups is 1. The number of rotatable bonds is 1. The Balaban J connectivity index is 2.02. The van der Waals surface area contributed by atoms with Crippen molar-refractivity contribution in [3.05, 3.63) is 27.7 Å². The highest BCUT2D eigenvalue weighted by Crippen LogP contribution is 2.43. The van der Waals surface area contributed by atoms with Gasteiger partial charge in [0.15, 0.2) is 0 Å². The molecular formula is C17H20BrNO2. The first-order valence-electron chi connectivity index (χ1n) is 7.55. The molecule has 3 rings (SSSR count). The van der Waals surface area contributed by atoms with Crippen LogP contribution in [0, 0.1) is 31.6 Å². The van der Waals surface area contributed by atoms with Crippen LogP contribution in [0.25, 0.3) is 0 Å². The van der Waals surface area contributed by atoms with Crippen molar-refractivity contribution in [3.8, 4) is 0 Å². The van der Waals surface area contributed by atoms with E-state index in [1.54, 1.807) is 0 Å². The maximum absolute atomic E-state index is 12.7. The van der Waals surface area contributed by atoms with E-state index in [0.29, 0.717) is 5.92 Å². The van der Waals surface area contributed by atoms with Crippen LogP contribution in [0.15, 0.2) is 16.6 Å². The van der Waals surface area contributed by atoms with Crippen LogP contribution in [0.4, 0.5) is 5.69 Å². The molecule has 0 bridgehead atoms. The molecule has 1 aliphatic heterocycles. The van der Waals surface area contributed by atoms with Gasteiger partial charge in [0.2, 0.25) is 11.8 Å². The van der Waals surface area contributed by atoms with Gasteiger partial charge in [-0.3, -0.25) is 9.59 Å². The summed E-state index contributed by atoms with van der Waals surface area (Å²) in [6.07, 6.45) is 2.74. The molecule has 2 fully saturated rings. The fraction of sp³-hybridized carbons (Fsp3) is 0.529. The van der Waals surface area contributed by atoms with E-state index in [0.717, 1.165) is 40.5 Å². The van der Waals surface area contributed by atoms with Gasteiger partial charge in [0, 0.05) is 4.47 Å². The monoisotopic (exact) mass is 349 g/mol. The molecular weight excluding hydrogens is 330 g/mol. The van der Waals surface area contributed by atoms with E-state index < -0.39 is 0 Å². The molecule has 21 heavy (non-hydrogen) atoms. The largest absolute Gasteiger partial charge is 0.274 e. The van der Waals surface area contributed by atoms with Gasteiger partial charge in [0.1, 0.15) is 0 Å². The van der Waals surface area contributed by atoms with Gasteiger partial charge < -0.3 is 0 Å². The third-order valence-electron chi connectivity index (χ3n) is 5.12. The number of carbonyl (C=O) groups excluding carboxylic acids is 2. The van der Waals surface area contributed by atoms with Crippen molar-refractivity contribution in [1.29, 1.82) is 0 Å². The Labute approximate surface area is 133 Å². The van der Waals surface area contributed by atoms with Gasteiger partial charge in [-0.2, -0.15) is 0 Å². The summed E-state index contributed by atoms with van der Waals surface area (Å²) in [6, 6.07) is 3.80. The van der Waals surface area contributed by atoms with Crippen molar-refractivity contribution in [2.24, 2.45) is 17.8 Å². The lowest BCUT2D eigenvalue weighted by Gasteiger charge is -2.25. The lowest BCUT2D eigenvalue weighted by Crippen LogP contribution is -2.31. The first kappa shape index (κ1) is 14.8. The number of hydrogen-bond donors (Lipinski definition) is 0. The standard InChI is InChI=1S/C17H20BrNO2/c1-9-4-5-12-13(8-9)17(21)19(16(12)20)15-7-6-14(18)10(2)11(15)3/h6-7,9,12-13H,4-5,8H2,1-3H3/t9-,12-,13-/m0/s1. The molecule has 0 radical (unpaired) electrons. The third-order valence-corrected chi connectivity index (χ3v) is 5.98. The van der Waals surface area contributed by atoms with E-state index in [4.69, 9.17) is 0 Å². The van der Waals surface area contributed by atoms with Gasteiger partial charge in [0.05, 0.1) is 17.5 Å². The van der Waals surface area contributed by atoms with Crippen molar-refractivity contribution in [3.63, 3.8) is 0 Å². The summed E-state index contributed by atoms with van der Waals surface area (Å²) < 4.78 is 1.01. The zero-order valence-corrected chi connectivity index (χ0v) is 14.2. The van der Waals surface area contributed by atoms with Crippen molar-refractivity contribution in [1.82, 2.24) is 0 Å². The average Bonchev–Trinajstić information content (AvgIpc) is 2.69. The summed E-state index contributed by atoms with van der Waals surface area (Å²) in [7, 11) is 0.